The molecular formula is C19H28N2O3. The lowest BCUT2D eigenvalue weighted by Gasteiger charge is -2.24. The van der Waals surface area contributed by atoms with Crippen molar-refractivity contribution in [3.63, 3.8) is 0 Å². The van der Waals surface area contributed by atoms with E-state index in [0.29, 0.717) is 25.3 Å². The zero-order valence-electron chi connectivity index (χ0n) is 14.2. The van der Waals surface area contributed by atoms with E-state index in [4.69, 9.17) is 5.11 Å². The van der Waals surface area contributed by atoms with Gasteiger partial charge in [0.1, 0.15) is 6.54 Å². The molecule has 1 amide bonds. The summed E-state index contributed by atoms with van der Waals surface area (Å²) in [6.07, 6.45) is 5.42. The van der Waals surface area contributed by atoms with Gasteiger partial charge in [0, 0.05) is 13.0 Å². The molecule has 2 N–H and O–H groups in total. The van der Waals surface area contributed by atoms with Crippen LogP contribution in [0.25, 0.3) is 0 Å². The largest absolute Gasteiger partial charge is 0.480 e. The molecule has 24 heavy (non-hydrogen) atoms. The van der Waals surface area contributed by atoms with E-state index < -0.39 is 5.97 Å². The number of carbonyl (C=O) groups is 2. The second-order valence-electron chi connectivity index (χ2n) is 6.53. The molecule has 1 saturated heterocycles. The summed E-state index contributed by atoms with van der Waals surface area (Å²) in [6, 6.07) is 9.86. The summed E-state index contributed by atoms with van der Waals surface area (Å²) < 4.78 is 0. The highest BCUT2D eigenvalue weighted by Gasteiger charge is 2.18. The molecule has 1 heterocycles. The molecule has 1 fully saturated rings. The number of carboxylic acids is 1. The van der Waals surface area contributed by atoms with Gasteiger partial charge in [-0.3, -0.25) is 9.59 Å². The standard InChI is InChI=1S/C19H28N2O3/c22-18(8-4-7-17-9-12-20-13-10-17)21(15-19(23)24)14-11-16-5-2-1-3-6-16/h1-3,5-6,17,20H,4,7-15H2,(H,23,24). The van der Waals surface area contributed by atoms with Crippen molar-refractivity contribution in [1.82, 2.24) is 10.2 Å². The zero-order valence-corrected chi connectivity index (χ0v) is 14.2. The van der Waals surface area contributed by atoms with Crippen LogP contribution in [0, 0.1) is 5.92 Å². The van der Waals surface area contributed by atoms with Gasteiger partial charge in [-0.05, 0) is 56.7 Å². The van der Waals surface area contributed by atoms with Gasteiger partial charge in [-0.2, -0.15) is 0 Å². The molecule has 0 radical (unpaired) electrons. The van der Waals surface area contributed by atoms with Crippen molar-refractivity contribution in [3.8, 4) is 0 Å². The molecule has 0 unspecified atom stereocenters. The summed E-state index contributed by atoms with van der Waals surface area (Å²) in [5, 5.41) is 12.4. The smallest absolute Gasteiger partial charge is 0.323 e. The normalized spacial score (nSPS) is 15.2. The van der Waals surface area contributed by atoms with E-state index in [1.807, 2.05) is 30.3 Å². The number of benzene rings is 1. The lowest BCUT2D eigenvalue weighted by atomic mass is 9.92. The maximum atomic E-state index is 12.4. The van der Waals surface area contributed by atoms with E-state index in [2.05, 4.69) is 5.32 Å². The van der Waals surface area contributed by atoms with Crippen molar-refractivity contribution in [3.05, 3.63) is 35.9 Å². The number of carbonyl (C=O) groups excluding carboxylic acids is 1. The molecule has 0 atom stereocenters. The number of nitrogens with one attached hydrogen (secondary N) is 1. The van der Waals surface area contributed by atoms with Gasteiger partial charge >= 0.3 is 5.97 Å². The minimum absolute atomic E-state index is 0.0396. The first-order valence-corrected chi connectivity index (χ1v) is 8.89. The Hall–Kier alpha value is -1.88. The van der Waals surface area contributed by atoms with Crippen molar-refractivity contribution < 1.29 is 14.7 Å². The van der Waals surface area contributed by atoms with Crippen molar-refractivity contribution >= 4 is 11.9 Å². The zero-order chi connectivity index (χ0) is 17.2. The van der Waals surface area contributed by atoms with Crippen LogP contribution in [0.3, 0.4) is 0 Å². The number of hydrogen-bond donors (Lipinski definition) is 2. The van der Waals surface area contributed by atoms with Gasteiger partial charge < -0.3 is 15.3 Å². The number of hydrogen-bond acceptors (Lipinski definition) is 3. The van der Waals surface area contributed by atoms with E-state index in [0.717, 1.165) is 31.5 Å². The average Bonchev–Trinajstić information content (AvgIpc) is 2.60. The summed E-state index contributed by atoms with van der Waals surface area (Å²) in [7, 11) is 0. The van der Waals surface area contributed by atoms with Crippen LogP contribution in [0.4, 0.5) is 0 Å². The summed E-state index contributed by atoms with van der Waals surface area (Å²) in [5.74, 6) is -0.284. The van der Waals surface area contributed by atoms with Gasteiger partial charge in [-0.25, -0.2) is 0 Å². The average molecular weight is 332 g/mol. The third kappa shape index (κ3) is 6.71. The van der Waals surface area contributed by atoms with Crippen LogP contribution in [0.5, 0.6) is 0 Å². The minimum atomic E-state index is -0.949. The van der Waals surface area contributed by atoms with Gasteiger partial charge in [0.2, 0.25) is 5.91 Å². The van der Waals surface area contributed by atoms with Crippen LogP contribution in [0.15, 0.2) is 30.3 Å². The molecule has 0 aliphatic carbocycles. The fraction of sp³-hybridized carbons (Fsp3) is 0.579. The molecule has 1 aliphatic rings. The number of nitrogens with zero attached hydrogens (tertiary/aromatic N) is 1. The van der Waals surface area contributed by atoms with Crippen LogP contribution >= 0.6 is 0 Å². The Morgan fingerprint density at radius 2 is 1.88 bits per heavy atom. The van der Waals surface area contributed by atoms with Gasteiger partial charge in [0.05, 0.1) is 0 Å². The molecule has 0 saturated carbocycles. The van der Waals surface area contributed by atoms with Gasteiger partial charge in [0.25, 0.3) is 0 Å². The second kappa shape index (κ2) is 10.1. The van der Waals surface area contributed by atoms with Crippen molar-refractivity contribution in [1.29, 1.82) is 0 Å². The van der Waals surface area contributed by atoms with Crippen LogP contribution in [0.2, 0.25) is 0 Å². The van der Waals surface area contributed by atoms with Gasteiger partial charge in [-0.15, -0.1) is 0 Å². The van der Waals surface area contributed by atoms with Crippen LogP contribution in [-0.4, -0.2) is 48.1 Å². The third-order valence-electron chi connectivity index (χ3n) is 4.65. The number of amides is 1. The summed E-state index contributed by atoms with van der Waals surface area (Å²) in [4.78, 5) is 24.9. The Kier molecular flexibility index (Phi) is 7.75. The van der Waals surface area contributed by atoms with Gasteiger partial charge in [-0.1, -0.05) is 30.3 Å². The van der Waals surface area contributed by atoms with Crippen LogP contribution in [0.1, 0.15) is 37.7 Å². The van der Waals surface area contributed by atoms with Gasteiger partial charge in [0.15, 0.2) is 0 Å². The topological polar surface area (TPSA) is 69.6 Å². The van der Waals surface area contributed by atoms with Crippen LogP contribution < -0.4 is 5.32 Å². The fourth-order valence-corrected chi connectivity index (χ4v) is 3.23. The van der Waals surface area contributed by atoms with E-state index in [-0.39, 0.29) is 12.5 Å². The highest BCUT2D eigenvalue weighted by Crippen LogP contribution is 2.19. The van der Waals surface area contributed by atoms with E-state index in [9.17, 15) is 9.59 Å². The van der Waals surface area contributed by atoms with E-state index >= 15 is 0 Å². The Bertz CT molecular complexity index is 513. The number of carboxylic acid groups (broad SMARTS) is 1. The number of piperidine rings is 1. The molecule has 132 valence electrons. The molecule has 5 heteroatoms. The molecule has 1 aromatic rings. The number of aliphatic carboxylic acids is 1. The highest BCUT2D eigenvalue weighted by molar-refractivity contribution is 5.81. The predicted molar refractivity (Wildman–Crippen MR) is 93.8 cm³/mol. The van der Waals surface area contributed by atoms with Crippen molar-refractivity contribution in [2.75, 3.05) is 26.2 Å². The summed E-state index contributed by atoms with van der Waals surface area (Å²) >= 11 is 0. The van der Waals surface area contributed by atoms with E-state index in [1.54, 1.807) is 0 Å². The molecular weight excluding hydrogens is 304 g/mol. The third-order valence-corrected chi connectivity index (χ3v) is 4.65. The molecule has 0 aromatic heterocycles. The lowest BCUT2D eigenvalue weighted by Crippen LogP contribution is -2.37. The molecule has 5 nitrogen and oxygen atoms in total. The quantitative estimate of drug-likeness (QED) is 0.728. The molecule has 2 rings (SSSR count). The molecule has 1 aliphatic heterocycles. The van der Waals surface area contributed by atoms with Crippen LogP contribution in [-0.2, 0) is 16.0 Å². The summed E-state index contributed by atoms with van der Waals surface area (Å²) in [5.41, 5.74) is 1.12. The fourth-order valence-electron chi connectivity index (χ4n) is 3.23. The Morgan fingerprint density at radius 1 is 1.17 bits per heavy atom. The molecule has 0 spiro atoms. The molecule has 1 aromatic carbocycles. The second-order valence-corrected chi connectivity index (χ2v) is 6.53. The Labute approximate surface area is 144 Å². The van der Waals surface area contributed by atoms with Crippen molar-refractivity contribution in [2.45, 2.75) is 38.5 Å². The first-order valence-electron chi connectivity index (χ1n) is 8.89. The Balaban J connectivity index is 1.77. The first kappa shape index (κ1) is 18.5. The highest BCUT2D eigenvalue weighted by atomic mass is 16.4. The van der Waals surface area contributed by atoms with Crippen molar-refractivity contribution in [2.24, 2.45) is 5.92 Å². The predicted octanol–water partition coefficient (Wildman–Crippen LogP) is 2.31. The van der Waals surface area contributed by atoms with E-state index in [1.165, 1.54) is 17.7 Å². The SMILES string of the molecule is O=C(O)CN(CCc1ccccc1)C(=O)CCCC1CCNCC1. The number of rotatable bonds is 9. The monoisotopic (exact) mass is 332 g/mol. The summed E-state index contributed by atoms with van der Waals surface area (Å²) in [6.45, 7) is 2.39. The lowest BCUT2D eigenvalue weighted by molar-refractivity contribution is -0.144. The first-order chi connectivity index (χ1) is 11.6. The maximum absolute atomic E-state index is 12.4. The maximum Gasteiger partial charge on any atom is 0.323 e. The molecule has 0 bridgehead atoms. The minimum Gasteiger partial charge on any atom is -0.480 e. The Morgan fingerprint density at radius 3 is 2.54 bits per heavy atom.